The maximum Gasteiger partial charge on any atom is 0.311 e. The molecule has 0 aromatic carbocycles. The molecule has 2 rings (SSSR count). The summed E-state index contributed by atoms with van der Waals surface area (Å²) in [7, 11) is 0. The fraction of sp³-hybridized carbons (Fsp3) is 0.250. The van der Waals surface area contributed by atoms with Crippen molar-refractivity contribution in [1.82, 2.24) is 4.98 Å². The molecule has 0 bridgehead atoms. The normalized spacial score (nSPS) is 12.1. The molecular formula is C12H13N3O3. The fourth-order valence-corrected chi connectivity index (χ4v) is 1.62. The average Bonchev–Trinajstić information content (AvgIpc) is 2.76. The highest BCUT2D eigenvalue weighted by atomic mass is 16.6. The van der Waals surface area contributed by atoms with Gasteiger partial charge in [-0.15, -0.1) is 0 Å². The molecule has 94 valence electrons. The molecule has 0 radical (unpaired) electrons. The molecule has 0 aliphatic heterocycles. The summed E-state index contributed by atoms with van der Waals surface area (Å²) >= 11 is 0. The molecule has 0 aliphatic carbocycles. The Balaban J connectivity index is 2.21. The third-order valence-corrected chi connectivity index (χ3v) is 2.52. The summed E-state index contributed by atoms with van der Waals surface area (Å²) in [6, 6.07) is 6.44. The van der Waals surface area contributed by atoms with Crippen LogP contribution in [0.25, 0.3) is 0 Å². The fourth-order valence-electron chi connectivity index (χ4n) is 1.62. The Kier molecular flexibility index (Phi) is 3.27. The van der Waals surface area contributed by atoms with Gasteiger partial charge < -0.3 is 9.73 Å². The van der Waals surface area contributed by atoms with Gasteiger partial charge in [0.15, 0.2) is 0 Å². The van der Waals surface area contributed by atoms with Gasteiger partial charge in [-0.3, -0.25) is 10.1 Å². The predicted molar refractivity (Wildman–Crippen MR) is 66.4 cm³/mol. The van der Waals surface area contributed by atoms with Crippen LogP contribution >= 0.6 is 0 Å². The first-order valence-electron chi connectivity index (χ1n) is 5.50. The van der Waals surface area contributed by atoms with Crippen LogP contribution in [0.15, 0.2) is 34.9 Å². The molecule has 0 spiro atoms. The molecule has 0 saturated heterocycles. The van der Waals surface area contributed by atoms with Gasteiger partial charge in [-0.2, -0.15) is 0 Å². The van der Waals surface area contributed by atoms with Gasteiger partial charge in [0.05, 0.1) is 11.0 Å². The van der Waals surface area contributed by atoms with Crippen LogP contribution in [0, 0.1) is 17.0 Å². The van der Waals surface area contributed by atoms with Gasteiger partial charge >= 0.3 is 5.69 Å². The average molecular weight is 247 g/mol. The summed E-state index contributed by atoms with van der Waals surface area (Å²) in [5.41, 5.74) is -0.0485. The van der Waals surface area contributed by atoms with E-state index in [2.05, 4.69) is 10.3 Å². The standard InChI is InChI=1S/C12H13N3O3/c1-8-5-6-11(18-8)9(2)14-12-10(15(16)17)4-3-7-13-12/h3-7,9H,1-2H3,(H,13,14). The third-order valence-electron chi connectivity index (χ3n) is 2.52. The number of furan rings is 1. The lowest BCUT2D eigenvalue weighted by molar-refractivity contribution is -0.384. The van der Waals surface area contributed by atoms with E-state index in [9.17, 15) is 10.1 Å². The molecule has 0 fully saturated rings. The van der Waals surface area contributed by atoms with E-state index >= 15 is 0 Å². The van der Waals surface area contributed by atoms with Gasteiger partial charge in [0.2, 0.25) is 5.82 Å². The number of nitrogens with zero attached hydrogens (tertiary/aromatic N) is 2. The molecule has 18 heavy (non-hydrogen) atoms. The number of aromatic nitrogens is 1. The second kappa shape index (κ2) is 4.87. The molecule has 0 saturated carbocycles. The molecule has 1 unspecified atom stereocenters. The quantitative estimate of drug-likeness (QED) is 0.663. The number of pyridine rings is 1. The zero-order chi connectivity index (χ0) is 13.1. The lowest BCUT2D eigenvalue weighted by Gasteiger charge is -2.11. The highest BCUT2D eigenvalue weighted by molar-refractivity contribution is 5.55. The van der Waals surface area contributed by atoms with Crippen LogP contribution in [0.1, 0.15) is 24.5 Å². The lowest BCUT2D eigenvalue weighted by atomic mass is 10.2. The van der Waals surface area contributed by atoms with Crippen molar-refractivity contribution in [2.75, 3.05) is 5.32 Å². The van der Waals surface area contributed by atoms with Gasteiger partial charge in [0, 0.05) is 12.3 Å². The van der Waals surface area contributed by atoms with E-state index < -0.39 is 4.92 Å². The Morgan fingerprint density at radius 1 is 1.44 bits per heavy atom. The van der Waals surface area contributed by atoms with E-state index in [4.69, 9.17) is 4.42 Å². The summed E-state index contributed by atoms with van der Waals surface area (Å²) in [5.74, 6) is 1.76. The van der Waals surface area contributed by atoms with Gasteiger partial charge in [-0.1, -0.05) is 0 Å². The number of hydrogen-bond donors (Lipinski definition) is 1. The van der Waals surface area contributed by atoms with Crippen molar-refractivity contribution in [3.63, 3.8) is 0 Å². The number of nitro groups is 1. The SMILES string of the molecule is Cc1ccc(C(C)Nc2ncccc2[N+](=O)[O-])o1. The minimum Gasteiger partial charge on any atom is -0.464 e. The van der Waals surface area contributed by atoms with E-state index in [1.165, 1.54) is 18.3 Å². The Morgan fingerprint density at radius 3 is 2.83 bits per heavy atom. The van der Waals surface area contributed by atoms with Crippen LogP contribution in [-0.2, 0) is 0 Å². The van der Waals surface area contributed by atoms with E-state index in [0.29, 0.717) is 5.76 Å². The predicted octanol–water partition coefficient (Wildman–Crippen LogP) is 3.06. The van der Waals surface area contributed by atoms with Crippen LogP contribution in [0.3, 0.4) is 0 Å². The zero-order valence-electron chi connectivity index (χ0n) is 10.1. The van der Waals surface area contributed by atoms with Crippen molar-refractivity contribution in [2.45, 2.75) is 19.9 Å². The minimum atomic E-state index is -0.463. The van der Waals surface area contributed by atoms with Gasteiger partial charge in [0.1, 0.15) is 11.5 Å². The Labute approximate surface area is 104 Å². The second-order valence-electron chi connectivity index (χ2n) is 3.94. The minimum absolute atomic E-state index is 0.0485. The van der Waals surface area contributed by atoms with Crippen molar-refractivity contribution < 1.29 is 9.34 Å². The topological polar surface area (TPSA) is 81.2 Å². The number of nitrogens with one attached hydrogen (secondary N) is 1. The second-order valence-corrected chi connectivity index (χ2v) is 3.94. The highest BCUT2D eigenvalue weighted by Crippen LogP contribution is 2.26. The first-order chi connectivity index (χ1) is 8.58. The molecule has 0 aliphatic rings. The summed E-state index contributed by atoms with van der Waals surface area (Å²) in [4.78, 5) is 14.4. The molecule has 6 heteroatoms. The van der Waals surface area contributed by atoms with Crippen molar-refractivity contribution in [1.29, 1.82) is 0 Å². The Morgan fingerprint density at radius 2 is 2.22 bits per heavy atom. The summed E-state index contributed by atoms with van der Waals surface area (Å²) < 4.78 is 5.46. The van der Waals surface area contributed by atoms with Gasteiger partial charge in [-0.25, -0.2) is 4.98 Å². The Bertz CT molecular complexity index is 565. The molecule has 2 aromatic rings. The van der Waals surface area contributed by atoms with Crippen molar-refractivity contribution >= 4 is 11.5 Å². The molecule has 2 aromatic heterocycles. The number of aryl methyl sites for hydroxylation is 1. The van der Waals surface area contributed by atoms with Crippen molar-refractivity contribution in [3.05, 3.63) is 52.1 Å². The summed E-state index contributed by atoms with van der Waals surface area (Å²) in [6.07, 6.45) is 1.51. The molecule has 2 heterocycles. The number of hydrogen-bond acceptors (Lipinski definition) is 5. The summed E-state index contributed by atoms with van der Waals surface area (Å²) in [5, 5.41) is 13.8. The molecule has 1 N–H and O–H groups in total. The third kappa shape index (κ3) is 2.48. The van der Waals surface area contributed by atoms with Crippen LogP contribution < -0.4 is 5.32 Å². The van der Waals surface area contributed by atoms with Gasteiger partial charge in [-0.05, 0) is 32.0 Å². The number of rotatable bonds is 4. The largest absolute Gasteiger partial charge is 0.464 e. The Hall–Kier alpha value is -2.37. The molecular weight excluding hydrogens is 234 g/mol. The van der Waals surface area contributed by atoms with E-state index in [0.717, 1.165) is 5.76 Å². The lowest BCUT2D eigenvalue weighted by Crippen LogP contribution is -2.08. The van der Waals surface area contributed by atoms with Crippen molar-refractivity contribution in [3.8, 4) is 0 Å². The smallest absolute Gasteiger partial charge is 0.311 e. The maximum absolute atomic E-state index is 10.8. The maximum atomic E-state index is 10.8. The summed E-state index contributed by atoms with van der Waals surface area (Å²) in [6.45, 7) is 3.70. The van der Waals surface area contributed by atoms with E-state index in [1.807, 2.05) is 26.0 Å². The van der Waals surface area contributed by atoms with Crippen LogP contribution in [-0.4, -0.2) is 9.91 Å². The van der Waals surface area contributed by atoms with E-state index in [1.54, 1.807) is 0 Å². The molecule has 0 amide bonds. The highest BCUT2D eigenvalue weighted by Gasteiger charge is 2.17. The van der Waals surface area contributed by atoms with Gasteiger partial charge in [0.25, 0.3) is 0 Å². The molecule has 6 nitrogen and oxygen atoms in total. The van der Waals surface area contributed by atoms with Crippen molar-refractivity contribution in [2.24, 2.45) is 0 Å². The first kappa shape index (κ1) is 12.1. The van der Waals surface area contributed by atoms with Crippen LogP contribution in [0.4, 0.5) is 11.5 Å². The van der Waals surface area contributed by atoms with Crippen LogP contribution in [0.2, 0.25) is 0 Å². The number of anilines is 1. The zero-order valence-corrected chi connectivity index (χ0v) is 10.1. The molecule has 1 atom stereocenters. The first-order valence-corrected chi connectivity index (χ1v) is 5.50. The van der Waals surface area contributed by atoms with Crippen LogP contribution in [0.5, 0.6) is 0 Å². The monoisotopic (exact) mass is 247 g/mol. The van der Waals surface area contributed by atoms with E-state index in [-0.39, 0.29) is 17.5 Å².